The number of rotatable bonds is 7. The lowest BCUT2D eigenvalue weighted by Crippen LogP contribution is -2.49. The van der Waals surface area contributed by atoms with Crippen LogP contribution in [0.25, 0.3) is 5.82 Å². The van der Waals surface area contributed by atoms with Gasteiger partial charge in [0.15, 0.2) is 5.82 Å². The molecule has 1 unspecified atom stereocenters. The number of hydrogen-bond acceptors (Lipinski definition) is 4. The minimum absolute atomic E-state index is 0.0135. The predicted octanol–water partition coefficient (Wildman–Crippen LogP) is 3.64. The molecule has 2 heterocycles. The first kappa shape index (κ1) is 23.2. The van der Waals surface area contributed by atoms with Gasteiger partial charge in [0.2, 0.25) is 5.91 Å². The average Bonchev–Trinajstić information content (AvgIpc) is 3.30. The summed E-state index contributed by atoms with van der Waals surface area (Å²) in [6, 6.07) is 12.4. The minimum atomic E-state index is -0.641. The van der Waals surface area contributed by atoms with Gasteiger partial charge in [0.05, 0.1) is 0 Å². The highest BCUT2D eigenvalue weighted by atomic mass is 16.2. The molecule has 2 N–H and O–H groups in total. The Kier molecular flexibility index (Phi) is 7.08. The third kappa shape index (κ3) is 5.81. The molecule has 2 aromatic heterocycles. The van der Waals surface area contributed by atoms with Gasteiger partial charge >= 0.3 is 0 Å². The van der Waals surface area contributed by atoms with Gasteiger partial charge in [0.25, 0.3) is 5.91 Å². The first-order chi connectivity index (χ1) is 15.1. The summed E-state index contributed by atoms with van der Waals surface area (Å²) < 4.78 is 1.66. The van der Waals surface area contributed by atoms with Crippen LogP contribution in [-0.4, -0.2) is 32.6 Å². The van der Waals surface area contributed by atoms with E-state index in [4.69, 9.17) is 0 Å². The van der Waals surface area contributed by atoms with Crippen molar-refractivity contribution in [1.82, 2.24) is 25.4 Å². The summed E-state index contributed by atoms with van der Waals surface area (Å²) in [6.07, 6.45) is 5.17. The molecule has 0 fully saturated rings. The summed E-state index contributed by atoms with van der Waals surface area (Å²) in [4.78, 5) is 29.9. The van der Waals surface area contributed by atoms with Crippen LogP contribution in [0.3, 0.4) is 0 Å². The Bertz CT molecular complexity index is 1050. The number of benzene rings is 1. The van der Waals surface area contributed by atoms with E-state index in [-0.39, 0.29) is 23.1 Å². The molecule has 1 aromatic carbocycles. The molecule has 3 rings (SSSR count). The van der Waals surface area contributed by atoms with Crippen LogP contribution in [-0.2, 0) is 16.8 Å². The monoisotopic (exact) mass is 433 g/mol. The van der Waals surface area contributed by atoms with Crippen molar-refractivity contribution >= 4 is 11.8 Å². The van der Waals surface area contributed by atoms with Crippen molar-refractivity contribution in [2.45, 2.75) is 52.6 Å². The molecule has 0 saturated carbocycles. The Morgan fingerprint density at radius 3 is 2.38 bits per heavy atom. The topological polar surface area (TPSA) is 88.9 Å². The van der Waals surface area contributed by atoms with Crippen LogP contribution in [0, 0.1) is 5.92 Å². The zero-order chi connectivity index (χ0) is 23.3. The number of nitrogens with one attached hydrogen (secondary N) is 2. The van der Waals surface area contributed by atoms with Crippen LogP contribution in [0.2, 0.25) is 0 Å². The molecule has 3 aromatic rings. The van der Waals surface area contributed by atoms with Crippen molar-refractivity contribution in [3.63, 3.8) is 0 Å². The van der Waals surface area contributed by atoms with Gasteiger partial charge < -0.3 is 10.6 Å². The van der Waals surface area contributed by atoms with Crippen molar-refractivity contribution in [2.75, 3.05) is 0 Å². The maximum atomic E-state index is 12.9. The van der Waals surface area contributed by atoms with E-state index in [1.165, 1.54) is 0 Å². The van der Waals surface area contributed by atoms with Crippen molar-refractivity contribution in [3.8, 4) is 5.82 Å². The molecule has 0 aliphatic carbocycles. The number of carbonyl (C=O) groups excluding carboxylic acids is 2. The molecule has 2 amide bonds. The van der Waals surface area contributed by atoms with Gasteiger partial charge in [0, 0.05) is 30.7 Å². The Labute approximate surface area is 189 Å². The summed E-state index contributed by atoms with van der Waals surface area (Å²) >= 11 is 0. The van der Waals surface area contributed by atoms with Gasteiger partial charge in [0.1, 0.15) is 6.04 Å². The molecular weight excluding hydrogens is 402 g/mol. The summed E-state index contributed by atoms with van der Waals surface area (Å²) in [7, 11) is 0. The van der Waals surface area contributed by atoms with Crippen LogP contribution < -0.4 is 10.6 Å². The zero-order valence-corrected chi connectivity index (χ0v) is 19.3. The van der Waals surface area contributed by atoms with Crippen molar-refractivity contribution < 1.29 is 9.59 Å². The summed E-state index contributed by atoms with van der Waals surface area (Å²) in [5.41, 5.74) is 2.60. The molecule has 7 heteroatoms. The van der Waals surface area contributed by atoms with E-state index >= 15 is 0 Å². The summed E-state index contributed by atoms with van der Waals surface area (Å²) in [5, 5.41) is 9.98. The lowest BCUT2D eigenvalue weighted by atomic mass is 9.86. The Morgan fingerprint density at radius 2 is 1.78 bits per heavy atom. The molecule has 0 aliphatic rings. The second kappa shape index (κ2) is 9.77. The van der Waals surface area contributed by atoms with Gasteiger partial charge in [-0.15, -0.1) is 0 Å². The van der Waals surface area contributed by atoms with E-state index in [0.29, 0.717) is 17.9 Å². The van der Waals surface area contributed by atoms with Crippen LogP contribution in [0.4, 0.5) is 0 Å². The van der Waals surface area contributed by atoms with Crippen LogP contribution in [0.1, 0.15) is 56.1 Å². The highest BCUT2D eigenvalue weighted by Gasteiger charge is 2.25. The van der Waals surface area contributed by atoms with E-state index in [0.717, 1.165) is 11.1 Å². The fourth-order valence-electron chi connectivity index (χ4n) is 3.28. The predicted molar refractivity (Wildman–Crippen MR) is 124 cm³/mol. The van der Waals surface area contributed by atoms with Crippen molar-refractivity contribution in [2.24, 2.45) is 5.92 Å². The highest BCUT2D eigenvalue weighted by Crippen LogP contribution is 2.22. The second-order valence-electron chi connectivity index (χ2n) is 9.21. The summed E-state index contributed by atoms with van der Waals surface area (Å²) in [5.74, 6) is 0.125. The number of nitrogens with zero attached hydrogens (tertiary/aromatic N) is 3. The van der Waals surface area contributed by atoms with E-state index in [2.05, 4.69) is 41.5 Å². The van der Waals surface area contributed by atoms with Gasteiger partial charge in [-0.2, -0.15) is 5.10 Å². The van der Waals surface area contributed by atoms with Gasteiger partial charge in [-0.1, -0.05) is 46.8 Å². The maximum absolute atomic E-state index is 12.9. The van der Waals surface area contributed by atoms with E-state index in [1.54, 1.807) is 29.2 Å². The first-order valence-corrected chi connectivity index (χ1v) is 10.8. The fourth-order valence-corrected chi connectivity index (χ4v) is 3.28. The zero-order valence-electron chi connectivity index (χ0n) is 19.3. The maximum Gasteiger partial charge on any atom is 0.251 e. The lowest BCUT2D eigenvalue weighted by Gasteiger charge is -2.22. The third-order valence-corrected chi connectivity index (χ3v) is 5.26. The van der Waals surface area contributed by atoms with E-state index in [1.807, 2.05) is 50.4 Å². The van der Waals surface area contributed by atoms with Crippen molar-refractivity contribution in [3.05, 3.63) is 77.7 Å². The molecule has 0 spiro atoms. The van der Waals surface area contributed by atoms with Gasteiger partial charge in [-0.05, 0) is 52.8 Å². The quantitative estimate of drug-likeness (QED) is 0.595. The summed E-state index contributed by atoms with van der Waals surface area (Å²) in [6.45, 7) is 10.5. The molecule has 1 atom stereocenters. The second-order valence-corrected chi connectivity index (χ2v) is 9.21. The fraction of sp³-hybridized carbons (Fsp3) is 0.360. The van der Waals surface area contributed by atoms with Gasteiger partial charge in [-0.3, -0.25) is 9.59 Å². The first-order valence-electron chi connectivity index (χ1n) is 10.8. The Balaban J connectivity index is 1.63. The molecule has 0 saturated heterocycles. The smallest absolute Gasteiger partial charge is 0.251 e. The lowest BCUT2D eigenvalue weighted by molar-refractivity contribution is -0.124. The molecule has 0 aliphatic heterocycles. The SMILES string of the molecule is CC(C)C(NC(=O)c1ccc(C(C)(C)C)cc1)C(=O)NCc1ccnc(-n2cccn2)c1. The minimum Gasteiger partial charge on any atom is -0.350 e. The molecule has 0 radical (unpaired) electrons. The highest BCUT2D eigenvalue weighted by molar-refractivity contribution is 5.97. The Hall–Kier alpha value is -3.48. The third-order valence-electron chi connectivity index (χ3n) is 5.26. The van der Waals surface area contributed by atoms with Crippen LogP contribution in [0.15, 0.2) is 61.1 Å². The normalized spacial score (nSPS) is 12.4. The number of pyridine rings is 1. The standard InChI is InChI=1S/C25H31N5O2/c1-17(2)22(29-23(31)19-7-9-20(10-8-19)25(3,4)5)24(32)27-16-18-11-13-26-21(15-18)30-14-6-12-28-30/h6-15,17,22H,16H2,1-5H3,(H,27,32)(H,29,31). The van der Waals surface area contributed by atoms with E-state index in [9.17, 15) is 9.59 Å². The van der Waals surface area contributed by atoms with Crippen molar-refractivity contribution in [1.29, 1.82) is 0 Å². The largest absolute Gasteiger partial charge is 0.350 e. The molecule has 0 bridgehead atoms. The molecule has 168 valence electrons. The number of carbonyl (C=O) groups is 2. The van der Waals surface area contributed by atoms with Gasteiger partial charge in [-0.25, -0.2) is 9.67 Å². The number of amides is 2. The van der Waals surface area contributed by atoms with Crippen LogP contribution in [0.5, 0.6) is 0 Å². The number of aromatic nitrogens is 3. The Morgan fingerprint density at radius 1 is 1.06 bits per heavy atom. The average molecular weight is 434 g/mol. The number of hydrogen-bond donors (Lipinski definition) is 2. The molecule has 7 nitrogen and oxygen atoms in total. The molecular formula is C25H31N5O2. The molecule has 32 heavy (non-hydrogen) atoms. The van der Waals surface area contributed by atoms with Crippen LogP contribution >= 0.6 is 0 Å². The van der Waals surface area contributed by atoms with E-state index < -0.39 is 6.04 Å².